The second-order valence-electron chi connectivity index (χ2n) is 4.74. The summed E-state index contributed by atoms with van der Waals surface area (Å²) in [6.07, 6.45) is 0. The van der Waals surface area contributed by atoms with E-state index in [1.807, 2.05) is 0 Å². The molecule has 1 aliphatic heterocycles. The summed E-state index contributed by atoms with van der Waals surface area (Å²) in [6.45, 7) is 1.72. The van der Waals surface area contributed by atoms with Crippen LogP contribution in [0.5, 0.6) is 5.75 Å². The van der Waals surface area contributed by atoms with Gasteiger partial charge < -0.3 is 10.8 Å². The van der Waals surface area contributed by atoms with Crippen molar-refractivity contribution in [2.24, 2.45) is 5.92 Å². The number of nitrogens with two attached hydrogens (primary N) is 1. The Bertz CT molecular complexity index is 524. The molecule has 3 N–H and O–H groups in total. The number of rotatable bonds is 1. The molecule has 1 aliphatic rings. The fraction of sp³-hybridized carbons (Fsp3) is 0.417. The van der Waals surface area contributed by atoms with Crippen LogP contribution in [0.3, 0.4) is 0 Å². The molecule has 0 aliphatic carbocycles. The molecule has 1 heterocycles. The summed E-state index contributed by atoms with van der Waals surface area (Å²) in [5.74, 6) is -0.765. The first-order valence-electron chi connectivity index (χ1n) is 5.90. The Morgan fingerprint density at radius 3 is 2.58 bits per heavy atom. The summed E-state index contributed by atoms with van der Waals surface area (Å²) in [7, 11) is 2.99. The lowest BCUT2D eigenvalue weighted by Crippen LogP contribution is -2.55. The van der Waals surface area contributed by atoms with E-state index >= 15 is 0 Å². The third-order valence-corrected chi connectivity index (χ3v) is 3.48. The Morgan fingerprint density at radius 1 is 1.37 bits per heavy atom. The lowest BCUT2D eigenvalue weighted by atomic mass is 9.91. The fourth-order valence-electron chi connectivity index (χ4n) is 2.44. The number of nitrogen functional groups attached to an aromatic ring is 1. The number of amides is 1. The molecule has 1 aromatic rings. The standard InChI is InChI=1S/C12H16N4O3/c1-7-11(9-5-4-8(13)6-10(9)17)14(2)16(19)15(3)12(7)18/h4-7,11H,13H2,1-3H3/p+1. The molecule has 2 unspecified atom stereocenters. The lowest BCUT2D eigenvalue weighted by Gasteiger charge is -2.32. The van der Waals surface area contributed by atoms with Crippen molar-refractivity contribution in [3.63, 3.8) is 0 Å². The molecule has 1 amide bonds. The number of benzene rings is 1. The molecule has 1 saturated heterocycles. The monoisotopic (exact) mass is 265 g/mol. The van der Waals surface area contributed by atoms with Crippen molar-refractivity contribution in [3.8, 4) is 5.75 Å². The van der Waals surface area contributed by atoms with Crippen LogP contribution in [-0.4, -0.2) is 40.1 Å². The number of nitrogens with zero attached hydrogens (tertiary/aromatic N) is 3. The van der Waals surface area contributed by atoms with Gasteiger partial charge in [0.2, 0.25) is 0 Å². The first kappa shape index (κ1) is 13.1. The largest absolute Gasteiger partial charge is 0.508 e. The van der Waals surface area contributed by atoms with Gasteiger partial charge in [0.05, 0.1) is 24.9 Å². The van der Waals surface area contributed by atoms with Crippen LogP contribution in [-0.2, 0) is 4.79 Å². The van der Waals surface area contributed by atoms with E-state index in [2.05, 4.69) is 0 Å². The zero-order valence-corrected chi connectivity index (χ0v) is 11.1. The first-order valence-corrected chi connectivity index (χ1v) is 5.90. The second kappa shape index (κ2) is 4.42. The van der Waals surface area contributed by atoms with Gasteiger partial charge in [-0.15, -0.1) is 5.01 Å². The minimum Gasteiger partial charge on any atom is -0.508 e. The van der Waals surface area contributed by atoms with E-state index < -0.39 is 12.0 Å². The van der Waals surface area contributed by atoms with Crippen molar-refractivity contribution in [1.29, 1.82) is 0 Å². The van der Waals surface area contributed by atoms with Crippen LogP contribution in [0, 0.1) is 10.8 Å². The maximum atomic E-state index is 12.0. The van der Waals surface area contributed by atoms with E-state index in [-0.39, 0.29) is 11.7 Å². The average molecular weight is 265 g/mol. The van der Waals surface area contributed by atoms with Crippen molar-refractivity contribution in [1.82, 2.24) is 10.0 Å². The van der Waals surface area contributed by atoms with Crippen molar-refractivity contribution < 1.29 is 14.9 Å². The topological polar surface area (TPSA) is 89.9 Å². The molecule has 2 atom stereocenters. The summed E-state index contributed by atoms with van der Waals surface area (Å²) in [4.78, 5) is 24.4. The lowest BCUT2D eigenvalue weighted by molar-refractivity contribution is -0.823. The Labute approximate surface area is 110 Å². The molecule has 1 aromatic carbocycles. The molecule has 0 bridgehead atoms. The van der Waals surface area contributed by atoms with Gasteiger partial charge in [-0.25, -0.2) is 0 Å². The minimum absolute atomic E-state index is 0.0190. The number of aromatic hydroxyl groups is 1. The number of hydrogen-bond acceptors (Lipinski definition) is 4. The van der Waals surface area contributed by atoms with Gasteiger partial charge in [0.25, 0.3) is 10.9 Å². The number of carbonyl (C=O) groups is 1. The minimum atomic E-state index is -0.526. The molecule has 0 saturated carbocycles. The number of phenolic OH excluding ortho intramolecular Hbond substituents is 1. The van der Waals surface area contributed by atoms with Gasteiger partial charge in [0, 0.05) is 17.3 Å². The van der Waals surface area contributed by atoms with E-state index in [0.717, 1.165) is 5.01 Å². The molecule has 2 rings (SSSR count). The Balaban J connectivity index is 2.47. The maximum Gasteiger partial charge on any atom is 0.290 e. The third-order valence-electron chi connectivity index (χ3n) is 3.48. The van der Waals surface area contributed by atoms with Gasteiger partial charge >= 0.3 is 0 Å². The maximum absolute atomic E-state index is 12.0. The molecule has 7 nitrogen and oxygen atoms in total. The molecular weight excluding hydrogens is 248 g/mol. The number of phenols is 1. The Hall–Kier alpha value is -2.31. The highest BCUT2D eigenvalue weighted by atomic mass is 16.4. The van der Waals surface area contributed by atoms with Gasteiger partial charge in [-0.1, -0.05) is 13.0 Å². The highest BCUT2D eigenvalue weighted by Crippen LogP contribution is 2.37. The second-order valence-corrected chi connectivity index (χ2v) is 4.74. The van der Waals surface area contributed by atoms with Crippen molar-refractivity contribution >= 4 is 11.6 Å². The van der Waals surface area contributed by atoms with Crippen LogP contribution in [0.25, 0.3) is 0 Å². The van der Waals surface area contributed by atoms with Crippen molar-refractivity contribution in [2.75, 3.05) is 19.8 Å². The molecular formula is C12H17N4O3+. The molecule has 1 fully saturated rings. The van der Waals surface area contributed by atoms with E-state index in [4.69, 9.17) is 5.73 Å². The fourth-order valence-corrected chi connectivity index (χ4v) is 2.44. The van der Waals surface area contributed by atoms with E-state index in [0.29, 0.717) is 16.2 Å². The first-order chi connectivity index (χ1) is 8.84. The molecule has 7 heteroatoms. The van der Waals surface area contributed by atoms with Crippen LogP contribution in [0.15, 0.2) is 18.2 Å². The van der Waals surface area contributed by atoms with Gasteiger partial charge in [0.15, 0.2) is 0 Å². The molecule has 102 valence electrons. The van der Waals surface area contributed by atoms with Crippen molar-refractivity contribution in [3.05, 3.63) is 28.7 Å². The SMILES string of the molecule is CC1C(=O)N(C)[N+](=O)N(C)C1c1ccc(N)cc1O. The molecule has 0 spiro atoms. The van der Waals surface area contributed by atoms with Crippen LogP contribution in [0.1, 0.15) is 18.5 Å². The van der Waals surface area contributed by atoms with Crippen LogP contribution >= 0.6 is 0 Å². The van der Waals surface area contributed by atoms with Gasteiger partial charge in [0.1, 0.15) is 11.8 Å². The van der Waals surface area contributed by atoms with Gasteiger partial charge in [-0.2, -0.15) is 0 Å². The Kier molecular flexibility index (Phi) is 3.05. The van der Waals surface area contributed by atoms with Crippen LogP contribution in [0.2, 0.25) is 0 Å². The Morgan fingerprint density at radius 2 is 2.00 bits per heavy atom. The zero-order chi connectivity index (χ0) is 14.3. The average Bonchev–Trinajstić information content (AvgIpc) is 2.37. The molecule has 19 heavy (non-hydrogen) atoms. The van der Waals surface area contributed by atoms with Crippen LogP contribution < -0.4 is 5.73 Å². The van der Waals surface area contributed by atoms with Crippen LogP contribution in [0.4, 0.5) is 5.69 Å². The quantitative estimate of drug-likeness (QED) is 0.575. The van der Waals surface area contributed by atoms with Gasteiger partial charge in [-0.05, 0) is 11.1 Å². The highest BCUT2D eigenvalue weighted by Gasteiger charge is 2.48. The normalized spacial score (nSPS) is 23.9. The molecule has 0 aromatic heterocycles. The number of anilines is 1. The summed E-state index contributed by atoms with van der Waals surface area (Å²) in [5, 5.41) is 12.3. The van der Waals surface area contributed by atoms with E-state index in [9.17, 15) is 14.8 Å². The number of hydrazine groups is 2. The van der Waals surface area contributed by atoms with Crippen molar-refractivity contribution in [2.45, 2.75) is 13.0 Å². The number of hydrogen-bond donors (Lipinski definition) is 2. The summed E-state index contributed by atoms with van der Waals surface area (Å²) in [5.41, 5.74) is 6.51. The van der Waals surface area contributed by atoms with Gasteiger partial charge in [-0.3, -0.25) is 4.79 Å². The summed E-state index contributed by atoms with van der Waals surface area (Å²) < 4.78 is 0. The third kappa shape index (κ3) is 1.96. The van der Waals surface area contributed by atoms with E-state index in [1.165, 1.54) is 18.1 Å². The highest BCUT2D eigenvalue weighted by molar-refractivity contribution is 5.78. The van der Waals surface area contributed by atoms with E-state index in [1.54, 1.807) is 26.1 Å². The predicted octanol–water partition coefficient (Wildman–Crippen LogP) is 0.664. The summed E-state index contributed by atoms with van der Waals surface area (Å²) in [6, 6.07) is 4.15. The molecule has 0 radical (unpaired) electrons. The number of carbonyl (C=O) groups excluding carboxylic acids is 1. The number of nitroso groups, excluding NO2 is 1. The smallest absolute Gasteiger partial charge is 0.290 e. The predicted molar refractivity (Wildman–Crippen MR) is 68.6 cm³/mol. The summed E-state index contributed by atoms with van der Waals surface area (Å²) >= 11 is 0. The zero-order valence-electron chi connectivity index (χ0n) is 11.1.